The summed E-state index contributed by atoms with van der Waals surface area (Å²) in [5.74, 6) is -1.40. The maximum atomic E-state index is 13.7. The van der Waals surface area contributed by atoms with Crippen LogP contribution < -0.4 is 10.0 Å². The van der Waals surface area contributed by atoms with E-state index in [0.29, 0.717) is 11.8 Å². The van der Waals surface area contributed by atoms with E-state index in [1.165, 1.54) is 20.2 Å². The van der Waals surface area contributed by atoms with Gasteiger partial charge in [0.2, 0.25) is 15.9 Å². The lowest BCUT2D eigenvalue weighted by molar-refractivity contribution is -0.171. The predicted octanol–water partition coefficient (Wildman–Crippen LogP) is 3.76. The fourth-order valence-electron chi connectivity index (χ4n) is 4.62. The van der Waals surface area contributed by atoms with Crippen LogP contribution >= 0.6 is 0 Å². The van der Waals surface area contributed by atoms with Crippen LogP contribution in [0.1, 0.15) is 25.8 Å². The van der Waals surface area contributed by atoms with Gasteiger partial charge in [0, 0.05) is 36.0 Å². The van der Waals surface area contributed by atoms with Gasteiger partial charge >= 0.3 is 0 Å². The molecule has 0 aliphatic heterocycles. The Bertz CT molecular complexity index is 1580. The molecular weight excluding hydrogens is 516 g/mol. The molecule has 1 aromatic heterocycles. The summed E-state index contributed by atoms with van der Waals surface area (Å²) in [5, 5.41) is 6.13. The van der Waals surface area contributed by atoms with Crippen molar-refractivity contribution < 1.29 is 22.8 Å². The number of nitrogens with zero attached hydrogens (tertiary/aromatic N) is 1. The Hall–Kier alpha value is -3.73. The minimum absolute atomic E-state index is 0.0900. The van der Waals surface area contributed by atoms with Gasteiger partial charge in [0.25, 0.3) is 5.91 Å². The number of hydrogen-bond acceptors (Lipinski definition) is 5. The molecule has 0 spiro atoms. The van der Waals surface area contributed by atoms with E-state index in [9.17, 15) is 18.0 Å². The maximum absolute atomic E-state index is 13.7. The highest BCUT2D eigenvalue weighted by molar-refractivity contribution is 7.89. The molecule has 0 unspecified atom stereocenters. The molecule has 0 saturated carbocycles. The van der Waals surface area contributed by atoms with Gasteiger partial charge in [0.15, 0.2) is 0 Å². The fraction of sp³-hybridized carbons (Fsp3) is 0.310. The molecule has 206 valence electrons. The van der Waals surface area contributed by atoms with Crippen LogP contribution in [0.25, 0.3) is 21.7 Å². The van der Waals surface area contributed by atoms with Crippen molar-refractivity contribution in [3.05, 3.63) is 78.5 Å². The fourth-order valence-corrected chi connectivity index (χ4v) is 6.15. The van der Waals surface area contributed by atoms with Gasteiger partial charge in [0.1, 0.15) is 12.1 Å². The van der Waals surface area contributed by atoms with Crippen molar-refractivity contribution >= 4 is 43.5 Å². The van der Waals surface area contributed by atoms with Crippen molar-refractivity contribution in [2.45, 2.75) is 43.7 Å². The van der Waals surface area contributed by atoms with Crippen molar-refractivity contribution in [2.24, 2.45) is 5.92 Å². The number of carbonyl (C=O) groups excluding carboxylic acids is 2. The van der Waals surface area contributed by atoms with E-state index >= 15 is 0 Å². The number of amides is 2. The van der Waals surface area contributed by atoms with E-state index < -0.39 is 33.9 Å². The number of aromatic nitrogens is 1. The second-order valence-corrected chi connectivity index (χ2v) is 11.3. The molecule has 0 saturated heterocycles. The third-order valence-electron chi connectivity index (χ3n) is 7.11. The van der Waals surface area contributed by atoms with Gasteiger partial charge in [-0.15, -0.1) is 0 Å². The minimum Gasteiger partial charge on any atom is -0.361 e. The second-order valence-electron chi connectivity index (χ2n) is 9.60. The van der Waals surface area contributed by atoms with Crippen LogP contribution in [0, 0.1) is 5.92 Å². The molecule has 0 aliphatic rings. The molecule has 0 radical (unpaired) electrons. The summed E-state index contributed by atoms with van der Waals surface area (Å²) in [6.45, 7) is 3.68. The Kier molecular flexibility index (Phi) is 8.69. The van der Waals surface area contributed by atoms with Gasteiger partial charge in [-0.25, -0.2) is 13.5 Å². The molecule has 9 nitrogen and oxygen atoms in total. The highest BCUT2D eigenvalue weighted by Crippen LogP contribution is 2.24. The number of fused-ring (bicyclic) bond motifs is 2. The first kappa shape index (κ1) is 28.3. The smallest absolute Gasteiger partial charge is 0.268 e. The summed E-state index contributed by atoms with van der Waals surface area (Å²) in [6, 6.07) is 17.8. The first-order valence-electron chi connectivity index (χ1n) is 12.8. The first-order chi connectivity index (χ1) is 18.7. The topological polar surface area (TPSA) is 121 Å². The number of hydroxylamine groups is 2. The molecule has 0 aliphatic carbocycles. The quantitative estimate of drug-likeness (QED) is 0.246. The number of para-hydroxylation sites is 1. The molecular formula is C29H34N4O5S. The van der Waals surface area contributed by atoms with E-state index in [0.717, 1.165) is 26.9 Å². The van der Waals surface area contributed by atoms with E-state index in [1.54, 1.807) is 31.3 Å². The molecule has 2 amide bonds. The number of sulfonamides is 1. The molecule has 4 aromatic rings. The highest BCUT2D eigenvalue weighted by atomic mass is 32.2. The Balaban J connectivity index is 1.64. The standard InChI is InChI=1S/C29H34N4O5S/c1-5-19(2)27(32-39(36,37)26-16-10-12-20-11-6-7-14-23(20)26)28(34)31-25(29(35)33(3)38-4)17-21-18-30-24-15-9-8-13-22(21)24/h6-16,18-19,25,27,30,32H,5,17H2,1-4H3,(H,31,34)/t19-,25-,27-/m0/s1. The van der Waals surface area contributed by atoms with Gasteiger partial charge in [-0.2, -0.15) is 4.72 Å². The van der Waals surface area contributed by atoms with Gasteiger partial charge < -0.3 is 10.3 Å². The number of hydrogen-bond donors (Lipinski definition) is 3. The first-order valence-corrected chi connectivity index (χ1v) is 14.3. The molecule has 0 fully saturated rings. The average Bonchev–Trinajstić information content (AvgIpc) is 3.36. The van der Waals surface area contributed by atoms with Crippen LogP contribution in [0.3, 0.4) is 0 Å². The van der Waals surface area contributed by atoms with Crippen LogP contribution in [0.15, 0.2) is 77.8 Å². The molecule has 3 atom stereocenters. The van der Waals surface area contributed by atoms with Gasteiger partial charge in [-0.1, -0.05) is 74.9 Å². The van der Waals surface area contributed by atoms with Crippen molar-refractivity contribution in [1.29, 1.82) is 0 Å². The lowest BCUT2D eigenvalue weighted by Gasteiger charge is -2.28. The van der Waals surface area contributed by atoms with Crippen LogP contribution in [0.4, 0.5) is 0 Å². The minimum atomic E-state index is -4.08. The number of likely N-dealkylation sites (N-methyl/N-ethyl adjacent to an activating group) is 1. The second kappa shape index (κ2) is 12.0. The van der Waals surface area contributed by atoms with Crippen LogP contribution in [-0.4, -0.2) is 56.5 Å². The zero-order valence-electron chi connectivity index (χ0n) is 22.5. The lowest BCUT2D eigenvalue weighted by Crippen LogP contribution is -2.56. The van der Waals surface area contributed by atoms with Gasteiger partial charge in [-0.05, 0) is 29.0 Å². The molecule has 3 N–H and O–H groups in total. The Morgan fingerprint density at radius 1 is 1.00 bits per heavy atom. The largest absolute Gasteiger partial charge is 0.361 e. The summed E-state index contributed by atoms with van der Waals surface area (Å²) >= 11 is 0. The van der Waals surface area contributed by atoms with Crippen LogP contribution in [-0.2, 0) is 30.9 Å². The summed E-state index contributed by atoms with van der Waals surface area (Å²) < 4.78 is 29.8. The molecule has 3 aromatic carbocycles. The Morgan fingerprint density at radius 2 is 1.67 bits per heavy atom. The Morgan fingerprint density at radius 3 is 2.38 bits per heavy atom. The number of rotatable bonds is 11. The van der Waals surface area contributed by atoms with Crippen LogP contribution in [0.2, 0.25) is 0 Å². The molecule has 1 heterocycles. The summed E-state index contributed by atoms with van der Waals surface area (Å²) in [5.41, 5.74) is 1.75. The molecule has 10 heteroatoms. The van der Waals surface area contributed by atoms with E-state index in [-0.39, 0.29) is 17.2 Å². The van der Waals surface area contributed by atoms with E-state index in [2.05, 4.69) is 15.0 Å². The lowest BCUT2D eigenvalue weighted by atomic mass is 9.98. The van der Waals surface area contributed by atoms with Crippen molar-refractivity contribution in [3.8, 4) is 0 Å². The molecule has 39 heavy (non-hydrogen) atoms. The van der Waals surface area contributed by atoms with Crippen LogP contribution in [0.5, 0.6) is 0 Å². The summed E-state index contributed by atoms with van der Waals surface area (Å²) in [7, 11) is -1.25. The number of H-pyrrole nitrogens is 1. The van der Waals surface area contributed by atoms with Crippen molar-refractivity contribution in [2.75, 3.05) is 14.2 Å². The normalized spacial score (nSPS) is 14.2. The van der Waals surface area contributed by atoms with Gasteiger partial charge in [0.05, 0.1) is 12.0 Å². The number of nitrogens with one attached hydrogen (secondary N) is 3. The van der Waals surface area contributed by atoms with Crippen molar-refractivity contribution in [3.63, 3.8) is 0 Å². The number of aromatic amines is 1. The molecule has 0 bridgehead atoms. The highest BCUT2D eigenvalue weighted by Gasteiger charge is 2.34. The third kappa shape index (κ3) is 6.13. The SMILES string of the molecule is CC[C@H](C)[C@H](NS(=O)(=O)c1cccc2ccccc12)C(=O)N[C@@H](Cc1c[nH]c2ccccc12)C(=O)N(C)OC. The number of carbonyl (C=O) groups is 2. The van der Waals surface area contributed by atoms with Gasteiger partial charge in [-0.3, -0.25) is 14.4 Å². The third-order valence-corrected chi connectivity index (χ3v) is 8.61. The zero-order valence-corrected chi connectivity index (χ0v) is 23.3. The average molecular weight is 551 g/mol. The summed E-state index contributed by atoms with van der Waals surface area (Å²) in [6.07, 6.45) is 2.53. The van der Waals surface area contributed by atoms with E-state index in [1.807, 2.05) is 49.4 Å². The predicted molar refractivity (Wildman–Crippen MR) is 151 cm³/mol. The monoisotopic (exact) mass is 550 g/mol. The maximum Gasteiger partial charge on any atom is 0.268 e. The zero-order chi connectivity index (χ0) is 28.2. The number of benzene rings is 3. The van der Waals surface area contributed by atoms with E-state index in [4.69, 9.17) is 4.84 Å². The summed E-state index contributed by atoms with van der Waals surface area (Å²) in [4.78, 5) is 35.3. The van der Waals surface area contributed by atoms with Crippen molar-refractivity contribution in [1.82, 2.24) is 20.1 Å². The Labute approximate surface area is 228 Å². The molecule has 4 rings (SSSR count).